The second-order valence-electron chi connectivity index (χ2n) is 7.20. The summed E-state index contributed by atoms with van der Waals surface area (Å²) in [6.45, 7) is 6.79. The highest BCUT2D eigenvalue weighted by molar-refractivity contribution is 5.76. The lowest BCUT2D eigenvalue weighted by atomic mass is 9.97. The number of hydrogen-bond donors (Lipinski definition) is 0. The van der Waals surface area contributed by atoms with Gasteiger partial charge in [-0.15, -0.1) is 0 Å². The molecule has 1 aromatic rings. The predicted octanol–water partition coefficient (Wildman–Crippen LogP) is 2.20. The van der Waals surface area contributed by atoms with E-state index in [0.29, 0.717) is 18.9 Å². The third kappa shape index (κ3) is 4.54. The van der Waals surface area contributed by atoms with E-state index in [9.17, 15) is 9.18 Å². The fourth-order valence-electron chi connectivity index (χ4n) is 3.85. The van der Waals surface area contributed by atoms with Gasteiger partial charge in [-0.3, -0.25) is 9.69 Å². The molecule has 2 aliphatic rings. The van der Waals surface area contributed by atoms with Gasteiger partial charge in [0.15, 0.2) is 0 Å². The summed E-state index contributed by atoms with van der Waals surface area (Å²) in [5, 5.41) is 0. The largest absolute Gasteiger partial charge is 0.345 e. The number of carbonyl (C=O) groups excluding carboxylic acids is 1. The summed E-state index contributed by atoms with van der Waals surface area (Å²) < 4.78 is 13.8. The van der Waals surface area contributed by atoms with Gasteiger partial charge in [0.1, 0.15) is 5.82 Å². The molecular weight excluding hydrogens is 305 g/mol. The summed E-state index contributed by atoms with van der Waals surface area (Å²) >= 11 is 0. The lowest BCUT2D eigenvalue weighted by Crippen LogP contribution is -2.42. The van der Waals surface area contributed by atoms with Crippen molar-refractivity contribution in [2.75, 3.05) is 46.3 Å². The van der Waals surface area contributed by atoms with Crippen LogP contribution in [0, 0.1) is 11.7 Å². The highest BCUT2D eigenvalue weighted by Gasteiger charge is 2.25. The number of carbonyl (C=O) groups is 1. The van der Waals surface area contributed by atoms with Crippen LogP contribution >= 0.6 is 0 Å². The molecule has 2 saturated heterocycles. The highest BCUT2D eigenvalue weighted by atomic mass is 19.1. The number of amides is 1. The third-order valence-corrected chi connectivity index (χ3v) is 5.27. The van der Waals surface area contributed by atoms with Crippen molar-refractivity contribution in [2.24, 2.45) is 5.92 Å². The Kier molecular flexibility index (Phi) is 5.85. The van der Waals surface area contributed by atoms with E-state index in [0.717, 1.165) is 57.7 Å². The number of likely N-dealkylation sites (tertiary alicyclic amines) is 1. The van der Waals surface area contributed by atoms with Crippen molar-refractivity contribution < 1.29 is 9.18 Å². The fraction of sp³-hybridized carbons (Fsp3) is 0.632. The van der Waals surface area contributed by atoms with Gasteiger partial charge in [0.05, 0.1) is 0 Å². The Morgan fingerprint density at radius 2 is 1.88 bits per heavy atom. The summed E-state index contributed by atoms with van der Waals surface area (Å²) in [5.41, 5.74) is 0.790. The predicted molar refractivity (Wildman–Crippen MR) is 93.1 cm³/mol. The van der Waals surface area contributed by atoms with Crippen molar-refractivity contribution in [3.63, 3.8) is 0 Å². The Morgan fingerprint density at radius 3 is 2.67 bits per heavy atom. The van der Waals surface area contributed by atoms with E-state index < -0.39 is 0 Å². The van der Waals surface area contributed by atoms with Crippen LogP contribution in [0.4, 0.5) is 4.39 Å². The van der Waals surface area contributed by atoms with E-state index in [1.165, 1.54) is 0 Å². The van der Waals surface area contributed by atoms with Gasteiger partial charge >= 0.3 is 0 Å². The number of benzene rings is 1. The molecule has 24 heavy (non-hydrogen) atoms. The van der Waals surface area contributed by atoms with Gasteiger partial charge in [0.25, 0.3) is 0 Å². The van der Waals surface area contributed by atoms with Crippen molar-refractivity contribution in [3.05, 3.63) is 35.6 Å². The summed E-state index contributed by atoms with van der Waals surface area (Å²) in [4.78, 5) is 18.4. The molecule has 5 heteroatoms. The van der Waals surface area contributed by atoms with Crippen LogP contribution in [0.5, 0.6) is 0 Å². The molecule has 0 saturated carbocycles. The van der Waals surface area contributed by atoms with E-state index in [4.69, 9.17) is 0 Å². The van der Waals surface area contributed by atoms with E-state index in [1.54, 1.807) is 12.1 Å². The SMILES string of the molecule is CN1CC(CN2CCCN(Cc3ccccc3F)CC2)CCC1=O. The quantitative estimate of drug-likeness (QED) is 0.845. The normalized spacial score (nSPS) is 24.2. The van der Waals surface area contributed by atoms with Crippen molar-refractivity contribution in [1.82, 2.24) is 14.7 Å². The molecule has 1 atom stereocenters. The number of nitrogens with zero attached hydrogens (tertiary/aromatic N) is 3. The molecule has 132 valence electrons. The van der Waals surface area contributed by atoms with E-state index >= 15 is 0 Å². The minimum Gasteiger partial charge on any atom is -0.345 e. The highest BCUT2D eigenvalue weighted by Crippen LogP contribution is 2.19. The number of hydrogen-bond acceptors (Lipinski definition) is 3. The Bertz CT molecular complexity index is 565. The number of piperidine rings is 1. The molecule has 2 aliphatic heterocycles. The summed E-state index contributed by atoms with van der Waals surface area (Å²) in [6.07, 6.45) is 2.82. The smallest absolute Gasteiger partial charge is 0.222 e. The van der Waals surface area contributed by atoms with Crippen LogP contribution in [0.2, 0.25) is 0 Å². The standard InChI is InChI=1S/C19H28FN3O/c1-21-13-16(7-8-19(21)24)14-22-9-4-10-23(12-11-22)15-17-5-2-3-6-18(17)20/h2-3,5-6,16H,4,7-15H2,1H3. The topological polar surface area (TPSA) is 26.8 Å². The zero-order valence-electron chi connectivity index (χ0n) is 14.6. The molecule has 0 N–H and O–H groups in total. The van der Waals surface area contributed by atoms with Crippen LogP contribution < -0.4 is 0 Å². The molecule has 2 fully saturated rings. The first kappa shape index (κ1) is 17.4. The van der Waals surface area contributed by atoms with Crippen molar-refractivity contribution in [2.45, 2.75) is 25.8 Å². The molecule has 2 heterocycles. The second kappa shape index (κ2) is 8.08. The van der Waals surface area contributed by atoms with Crippen LogP contribution in [-0.4, -0.2) is 66.9 Å². The monoisotopic (exact) mass is 333 g/mol. The zero-order chi connectivity index (χ0) is 16.9. The van der Waals surface area contributed by atoms with E-state index in [-0.39, 0.29) is 11.7 Å². The molecule has 1 aromatic carbocycles. The second-order valence-corrected chi connectivity index (χ2v) is 7.20. The first-order valence-electron chi connectivity index (χ1n) is 9.04. The third-order valence-electron chi connectivity index (χ3n) is 5.27. The molecule has 1 unspecified atom stereocenters. The minimum atomic E-state index is -0.103. The van der Waals surface area contributed by atoms with Gasteiger partial charge in [0, 0.05) is 51.8 Å². The maximum atomic E-state index is 13.8. The maximum Gasteiger partial charge on any atom is 0.222 e. The zero-order valence-corrected chi connectivity index (χ0v) is 14.6. The average molecular weight is 333 g/mol. The van der Waals surface area contributed by atoms with E-state index in [1.807, 2.05) is 24.1 Å². The Labute approximate surface area is 144 Å². The van der Waals surface area contributed by atoms with Gasteiger partial charge in [-0.05, 0) is 37.9 Å². The molecular formula is C19H28FN3O. The molecule has 1 amide bonds. The fourth-order valence-corrected chi connectivity index (χ4v) is 3.85. The van der Waals surface area contributed by atoms with Crippen molar-refractivity contribution in [1.29, 1.82) is 0 Å². The van der Waals surface area contributed by atoms with Crippen molar-refractivity contribution >= 4 is 5.91 Å². The number of halogens is 1. The van der Waals surface area contributed by atoms with Crippen molar-refractivity contribution in [3.8, 4) is 0 Å². The lowest BCUT2D eigenvalue weighted by molar-refractivity contribution is -0.133. The molecule has 0 radical (unpaired) electrons. The Morgan fingerprint density at radius 1 is 1.12 bits per heavy atom. The van der Waals surface area contributed by atoms with Crippen LogP contribution in [0.25, 0.3) is 0 Å². The number of rotatable bonds is 4. The molecule has 0 bridgehead atoms. The first-order chi connectivity index (χ1) is 11.6. The summed E-state index contributed by atoms with van der Waals surface area (Å²) in [6, 6.07) is 7.07. The lowest BCUT2D eigenvalue weighted by Gasteiger charge is -2.33. The van der Waals surface area contributed by atoms with Crippen LogP contribution in [0.3, 0.4) is 0 Å². The van der Waals surface area contributed by atoms with Crippen LogP contribution in [0.1, 0.15) is 24.8 Å². The van der Waals surface area contributed by atoms with Gasteiger partial charge in [-0.25, -0.2) is 4.39 Å². The maximum absolute atomic E-state index is 13.8. The van der Waals surface area contributed by atoms with Crippen LogP contribution in [-0.2, 0) is 11.3 Å². The minimum absolute atomic E-state index is 0.103. The molecule has 4 nitrogen and oxygen atoms in total. The van der Waals surface area contributed by atoms with E-state index in [2.05, 4.69) is 9.80 Å². The molecule has 0 aromatic heterocycles. The van der Waals surface area contributed by atoms with Gasteiger partial charge in [0.2, 0.25) is 5.91 Å². The average Bonchev–Trinajstić information content (AvgIpc) is 2.79. The Hall–Kier alpha value is -1.46. The summed E-state index contributed by atoms with van der Waals surface area (Å²) in [5.74, 6) is 0.762. The molecule has 0 spiro atoms. The molecule has 0 aliphatic carbocycles. The van der Waals surface area contributed by atoms with Crippen LogP contribution in [0.15, 0.2) is 24.3 Å². The van der Waals surface area contributed by atoms with Gasteiger partial charge in [-0.2, -0.15) is 0 Å². The van der Waals surface area contributed by atoms with Gasteiger partial charge < -0.3 is 9.80 Å². The summed E-state index contributed by atoms with van der Waals surface area (Å²) in [7, 11) is 1.91. The first-order valence-corrected chi connectivity index (χ1v) is 9.04. The Balaban J connectivity index is 1.48. The molecule has 3 rings (SSSR count). The van der Waals surface area contributed by atoms with Gasteiger partial charge in [-0.1, -0.05) is 18.2 Å².